The van der Waals surface area contributed by atoms with Gasteiger partial charge in [-0.15, -0.1) is 0 Å². The Hall–Kier alpha value is -2.12. The van der Waals surface area contributed by atoms with Gasteiger partial charge in [-0.05, 0) is 24.6 Å². The van der Waals surface area contributed by atoms with Gasteiger partial charge in [0.1, 0.15) is 13.2 Å². The third-order valence-corrected chi connectivity index (χ3v) is 5.12. The first-order chi connectivity index (χ1) is 12.7. The molecule has 0 bridgehead atoms. The fourth-order valence-corrected chi connectivity index (χ4v) is 3.49. The lowest BCUT2D eigenvalue weighted by molar-refractivity contribution is 0.0844. The molecular formula is C19H26N4O3. The number of ether oxygens (including phenoxy) is 2. The molecule has 3 heterocycles. The third kappa shape index (κ3) is 3.68. The molecule has 4 rings (SSSR count). The van der Waals surface area contributed by atoms with Gasteiger partial charge < -0.3 is 14.0 Å². The van der Waals surface area contributed by atoms with Crippen LogP contribution >= 0.6 is 0 Å². The molecule has 26 heavy (non-hydrogen) atoms. The van der Waals surface area contributed by atoms with Gasteiger partial charge in [-0.2, -0.15) is 4.98 Å². The largest absolute Gasteiger partial charge is 0.486 e. The van der Waals surface area contributed by atoms with Gasteiger partial charge >= 0.3 is 0 Å². The maximum atomic E-state index is 5.69. The number of fused-ring (bicyclic) bond motifs is 1. The lowest BCUT2D eigenvalue weighted by Crippen LogP contribution is -2.46. The standard InChI is InChI=1S/C19H26N4O3/c1-3-18-20-19(26-21-18)14(2)23-8-6-22(7-9-23)13-15-4-5-16-17(12-15)25-11-10-24-16/h4-5,12,14H,3,6-11,13H2,1-2H3/t14-/m1/s1. The SMILES string of the molecule is CCc1noc([C@@H](C)N2CCN(Cc3ccc4c(c3)OCCO4)CC2)n1. The zero-order valence-electron chi connectivity index (χ0n) is 15.5. The van der Waals surface area contributed by atoms with E-state index in [4.69, 9.17) is 14.0 Å². The van der Waals surface area contributed by atoms with E-state index in [-0.39, 0.29) is 6.04 Å². The van der Waals surface area contributed by atoms with Crippen LogP contribution in [0.5, 0.6) is 11.5 Å². The Balaban J connectivity index is 1.32. The number of piperazine rings is 1. The predicted molar refractivity (Wildman–Crippen MR) is 96.4 cm³/mol. The Morgan fingerprint density at radius 2 is 1.85 bits per heavy atom. The number of nitrogens with zero attached hydrogens (tertiary/aromatic N) is 4. The monoisotopic (exact) mass is 358 g/mol. The van der Waals surface area contributed by atoms with E-state index in [0.717, 1.165) is 62.4 Å². The lowest BCUT2D eigenvalue weighted by atomic mass is 10.1. The fourth-order valence-electron chi connectivity index (χ4n) is 3.49. The number of aryl methyl sites for hydroxylation is 1. The van der Waals surface area contributed by atoms with E-state index in [2.05, 4.69) is 39.0 Å². The molecular weight excluding hydrogens is 332 g/mol. The van der Waals surface area contributed by atoms with E-state index in [0.29, 0.717) is 13.2 Å². The summed E-state index contributed by atoms with van der Waals surface area (Å²) in [4.78, 5) is 9.35. The van der Waals surface area contributed by atoms with Gasteiger partial charge in [0.15, 0.2) is 17.3 Å². The number of benzene rings is 1. The Kier molecular flexibility index (Phi) is 5.08. The van der Waals surface area contributed by atoms with Crippen LogP contribution in [0.3, 0.4) is 0 Å². The van der Waals surface area contributed by atoms with E-state index in [1.165, 1.54) is 5.56 Å². The highest BCUT2D eigenvalue weighted by atomic mass is 16.6. The number of aromatic nitrogens is 2. The van der Waals surface area contributed by atoms with E-state index in [1.807, 2.05) is 13.0 Å². The van der Waals surface area contributed by atoms with Crippen LogP contribution in [0.4, 0.5) is 0 Å². The van der Waals surface area contributed by atoms with Crippen LogP contribution in [0.1, 0.15) is 37.2 Å². The normalized spacial score (nSPS) is 19.5. The summed E-state index contributed by atoms with van der Waals surface area (Å²) in [6, 6.07) is 6.42. The molecule has 0 radical (unpaired) electrons. The van der Waals surface area contributed by atoms with E-state index >= 15 is 0 Å². The quantitative estimate of drug-likeness (QED) is 0.812. The molecule has 7 nitrogen and oxygen atoms in total. The molecule has 0 unspecified atom stereocenters. The minimum Gasteiger partial charge on any atom is -0.486 e. The molecule has 7 heteroatoms. The molecule has 2 aromatic rings. The second kappa shape index (κ2) is 7.63. The highest BCUT2D eigenvalue weighted by Gasteiger charge is 2.26. The van der Waals surface area contributed by atoms with Crippen LogP contribution in [0.15, 0.2) is 22.7 Å². The fraction of sp³-hybridized carbons (Fsp3) is 0.579. The van der Waals surface area contributed by atoms with Gasteiger partial charge in [0, 0.05) is 39.1 Å². The molecule has 0 spiro atoms. The van der Waals surface area contributed by atoms with Crippen molar-refractivity contribution in [2.75, 3.05) is 39.4 Å². The highest BCUT2D eigenvalue weighted by Crippen LogP contribution is 2.31. The smallest absolute Gasteiger partial charge is 0.243 e. The van der Waals surface area contributed by atoms with Crippen molar-refractivity contribution in [1.29, 1.82) is 0 Å². The van der Waals surface area contributed by atoms with Crippen molar-refractivity contribution >= 4 is 0 Å². The first kappa shape index (κ1) is 17.3. The second-order valence-corrected chi connectivity index (χ2v) is 6.87. The van der Waals surface area contributed by atoms with Crippen molar-refractivity contribution in [1.82, 2.24) is 19.9 Å². The van der Waals surface area contributed by atoms with Crippen molar-refractivity contribution in [3.05, 3.63) is 35.5 Å². The summed E-state index contributed by atoms with van der Waals surface area (Å²) >= 11 is 0. The molecule has 1 saturated heterocycles. The van der Waals surface area contributed by atoms with E-state index in [9.17, 15) is 0 Å². The zero-order valence-corrected chi connectivity index (χ0v) is 15.5. The second-order valence-electron chi connectivity index (χ2n) is 6.87. The van der Waals surface area contributed by atoms with Crippen molar-refractivity contribution in [2.45, 2.75) is 32.9 Å². The summed E-state index contributed by atoms with van der Waals surface area (Å²) in [5.74, 6) is 3.22. The molecule has 1 atom stereocenters. The summed E-state index contributed by atoms with van der Waals surface area (Å²) in [5, 5.41) is 4.01. The Morgan fingerprint density at radius 1 is 1.08 bits per heavy atom. The maximum Gasteiger partial charge on any atom is 0.243 e. The molecule has 2 aliphatic heterocycles. The van der Waals surface area contributed by atoms with E-state index < -0.39 is 0 Å². The summed E-state index contributed by atoms with van der Waals surface area (Å²) in [6.07, 6.45) is 0.805. The first-order valence-electron chi connectivity index (χ1n) is 9.40. The van der Waals surface area contributed by atoms with Crippen LogP contribution in [0.25, 0.3) is 0 Å². The van der Waals surface area contributed by atoms with Crippen molar-refractivity contribution in [2.24, 2.45) is 0 Å². The van der Waals surface area contributed by atoms with Crippen molar-refractivity contribution in [3.8, 4) is 11.5 Å². The Bertz CT molecular complexity index is 740. The van der Waals surface area contributed by atoms with Crippen LogP contribution in [0, 0.1) is 0 Å². The van der Waals surface area contributed by atoms with Gasteiger partial charge in [0.2, 0.25) is 5.89 Å². The Morgan fingerprint density at radius 3 is 2.58 bits per heavy atom. The summed E-state index contributed by atoms with van der Waals surface area (Å²) < 4.78 is 16.7. The molecule has 1 aromatic heterocycles. The zero-order chi connectivity index (χ0) is 17.9. The lowest BCUT2D eigenvalue weighted by Gasteiger charge is -2.36. The van der Waals surface area contributed by atoms with Gasteiger partial charge in [-0.3, -0.25) is 9.80 Å². The Labute approximate surface area is 153 Å². The summed E-state index contributed by atoms with van der Waals surface area (Å²) in [7, 11) is 0. The molecule has 2 aliphatic rings. The molecule has 140 valence electrons. The summed E-state index contributed by atoms with van der Waals surface area (Å²) in [5.41, 5.74) is 1.26. The van der Waals surface area contributed by atoms with Gasteiger partial charge in [0.25, 0.3) is 0 Å². The molecule has 0 N–H and O–H groups in total. The van der Waals surface area contributed by atoms with Gasteiger partial charge in [-0.25, -0.2) is 0 Å². The van der Waals surface area contributed by atoms with Gasteiger partial charge in [0.05, 0.1) is 6.04 Å². The maximum absolute atomic E-state index is 5.69. The van der Waals surface area contributed by atoms with Crippen LogP contribution in [0.2, 0.25) is 0 Å². The highest BCUT2D eigenvalue weighted by molar-refractivity contribution is 5.43. The number of rotatable bonds is 5. The summed E-state index contributed by atoms with van der Waals surface area (Å²) in [6.45, 7) is 10.4. The average molecular weight is 358 g/mol. The van der Waals surface area contributed by atoms with E-state index in [1.54, 1.807) is 0 Å². The molecule has 0 amide bonds. The predicted octanol–water partition coefficient (Wildman–Crippen LogP) is 2.28. The van der Waals surface area contributed by atoms with Crippen LogP contribution in [-0.4, -0.2) is 59.3 Å². The molecule has 0 aliphatic carbocycles. The van der Waals surface area contributed by atoms with Crippen molar-refractivity contribution < 1.29 is 14.0 Å². The minimum atomic E-state index is 0.166. The molecule has 0 saturated carbocycles. The van der Waals surface area contributed by atoms with Crippen LogP contribution in [-0.2, 0) is 13.0 Å². The molecule has 1 fully saturated rings. The number of hydrogen-bond donors (Lipinski definition) is 0. The minimum absolute atomic E-state index is 0.166. The topological polar surface area (TPSA) is 63.9 Å². The average Bonchev–Trinajstić information content (AvgIpc) is 3.17. The molecule has 1 aromatic carbocycles. The van der Waals surface area contributed by atoms with Crippen LogP contribution < -0.4 is 9.47 Å². The first-order valence-corrected chi connectivity index (χ1v) is 9.40. The van der Waals surface area contributed by atoms with Gasteiger partial charge in [-0.1, -0.05) is 18.1 Å². The number of hydrogen-bond acceptors (Lipinski definition) is 7. The third-order valence-electron chi connectivity index (χ3n) is 5.12. The van der Waals surface area contributed by atoms with Crippen molar-refractivity contribution in [3.63, 3.8) is 0 Å².